The molecule has 2 aromatic rings. The van der Waals surface area contributed by atoms with E-state index < -0.39 is 0 Å². The van der Waals surface area contributed by atoms with Crippen molar-refractivity contribution in [1.82, 2.24) is 9.88 Å². The number of aromatic nitrogens is 1. The summed E-state index contributed by atoms with van der Waals surface area (Å²) in [5.41, 5.74) is 0.914. The molecule has 1 amide bonds. The molecular formula is C19H22N2O3S. The maximum absolute atomic E-state index is 12.7. The van der Waals surface area contributed by atoms with Crippen LogP contribution in [0.3, 0.4) is 0 Å². The van der Waals surface area contributed by atoms with Crippen LogP contribution in [0.15, 0.2) is 35.8 Å². The second-order valence-corrected chi connectivity index (χ2v) is 7.75. The van der Waals surface area contributed by atoms with Crippen LogP contribution in [0, 0.1) is 6.92 Å². The predicted octanol–water partition coefficient (Wildman–Crippen LogP) is 3.29. The Morgan fingerprint density at radius 2 is 2.20 bits per heavy atom. The van der Waals surface area contributed by atoms with Crippen LogP contribution in [0.25, 0.3) is 0 Å². The Morgan fingerprint density at radius 3 is 2.88 bits per heavy atom. The van der Waals surface area contributed by atoms with Gasteiger partial charge in [-0.1, -0.05) is 6.07 Å². The number of likely N-dealkylation sites (tertiary alicyclic amines) is 1. The normalized spacial score (nSPS) is 22.3. The van der Waals surface area contributed by atoms with Crippen molar-refractivity contribution in [1.29, 1.82) is 0 Å². The van der Waals surface area contributed by atoms with Gasteiger partial charge in [0.25, 0.3) is 5.91 Å². The van der Waals surface area contributed by atoms with Crippen molar-refractivity contribution in [3.05, 3.63) is 46.3 Å². The molecule has 2 aromatic heterocycles. The van der Waals surface area contributed by atoms with Crippen LogP contribution in [-0.4, -0.2) is 47.2 Å². The summed E-state index contributed by atoms with van der Waals surface area (Å²) in [4.78, 5) is 19.7. The van der Waals surface area contributed by atoms with Gasteiger partial charge in [0.1, 0.15) is 6.10 Å². The molecule has 132 valence electrons. The smallest absolute Gasteiger partial charge is 0.264 e. The zero-order chi connectivity index (χ0) is 17.3. The van der Waals surface area contributed by atoms with E-state index in [4.69, 9.17) is 9.47 Å². The van der Waals surface area contributed by atoms with Crippen molar-refractivity contribution < 1.29 is 14.3 Å². The molecule has 5 nitrogen and oxygen atoms in total. The highest BCUT2D eigenvalue weighted by atomic mass is 32.1. The molecule has 0 unspecified atom stereocenters. The third-order valence-corrected chi connectivity index (χ3v) is 6.12. The summed E-state index contributed by atoms with van der Waals surface area (Å²) in [6, 6.07) is 7.67. The van der Waals surface area contributed by atoms with E-state index in [1.807, 2.05) is 41.5 Å². The molecule has 25 heavy (non-hydrogen) atoms. The first-order valence-corrected chi connectivity index (χ1v) is 9.58. The van der Waals surface area contributed by atoms with Gasteiger partial charge in [0.15, 0.2) is 0 Å². The van der Waals surface area contributed by atoms with Crippen molar-refractivity contribution in [2.45, 2.75) is 37.9 Å². The van der Waals surface area contributed by atoms with Crippen LogP contribution < -0.4 is 4.74 Å². The van der Waals surface area contributed by atoms with Crippen molar-refractivity contribution in [2.24, 2.45) is 0 Å². The average molecular weight is 358 g/mol. The van der Waals surface area contributed by atoms with Gasteiger partial charge in [0.2, 0.25) is 5.88 Å². The molecule has 4 heterocycles. The maximum Gasteiger partial charge on any atom is 0.264 e. The summed E-state index contributed by atoms with van der Waals surface area (Å²) in [6.07, 6.45) is 4.37. The number of amides is 1. The Balaban J connectivity index is 1.34. The van der Waals surface area contributed by atoms with Gasteiger partial charge in [0.05, 0.1) is 17.1 Å². The first-order chi connectivity index (χ1) is 12.2. The Morgan fingerprint density at radius 1 is 1.36 bits per heavy atom. The van der Waals surface area contributed by atoms with E-state index >= 15 is 0 Å². The third-order valence-electron chi connectivity index (χ3n) is 5.12. The molecular weight excluding hydrogens is 336 g/mol. The van der Waals surface area contributed by atoms with E-state index in [-0.39, 0.29) is 17.6 Å². The number of pyridine rings is 1. The van der Waals surface area contributed by atoms with Gasteiger partial charge >= 0.3 is 0 Å². The molecule has 2 saturated heterocycles. The first-order valence-electron chi connectivity index (χ1n) is 8.70. The number of thiophene rings is 1. The van der Waals surface area contributed by atoms with Crippen LogP contribution in [-0.2, 0) is 4.74 Å². The summed E-state index contributed by atoms with van der Waals surface area (Å²) in [7, 11) is 0. The summed E-state index contributed by atoms with van der Waals surface area (Å²) >= 11 is 1.53. The summed E-state index contributed by atoms with van der Waals surface area (Å²) in [5, 5.41) is 1.98. The fourth-order valence-electron chi connectivity index (χ4n) is 3.67. The number of piperidine rings is 1. The summed E-state index contributed by atoms with van der Waals surface area (Å²) in [5.74, 6) is 0.801. The monoisotopic (exact) mass is 358 g/mol. The molecule has 6 heteroatoms. The van der Waals surface area contributed by atoms with Crippen LogP contribution in [0.2, 0.25) is 0 Å². The lowest BCUT2D eigenvalue weighted by Gasteiger charge is -2.38. The fourth-order valence-corrected chi connectivity index (χ4v) is 4.56. The molecule has 1 atom stereocenters. The van der Waals surface area contributed by atoms with E-state index in [1.54, 1.807) is 6.20 Å². The second-order valence-electron chi connectivity index (χ2n) is 6.83. The van der Waals surface area contributed by atoms with Gasteiger partial charge in [-0.3, -0.25) is 4.79 Å². The highest BCUT2D eigenvalue weighted by molar-refractivity contribution is 7.12. The number of hydrogen-bond acceptors (Lipinski definition) is 5. The molecule has 2 fully saturated rings. The molecule has 0 bridgehead atoms. The third kappa shape index (κ3) is 3.41. The molecule has 1 spiro atoms. The minimum atomic E-state index is -0.152. The topological polar surface area (TPSA) is 51.7 Å². The van der Waals surface area contributed by atoms with Crippen molar-refractivity contribution >= 4 is 17.2 Å². The molecule has 2 aliphatic heterocycles. The van der Waals surface area contributed by atoms with E-state index in [0.29, 0.717) is 12.5 Å². The Bertz CT molecular complexity index is 738. The van der Waals surface area contributed by atoms with E-state index in [2.05, 4.69) is 4.98 Å². The number of carbonyl (C=O) groups is 1. The Hall–Kier alpha value is -1.92. The Labute approximate surface area is 151 Å². The molecule has 0 radical (unpaired) electrons. The van der Waals surface area contributed by atoms with E-state index in [1.165, 1.54) is 11.3 Å². The van der Waals surface area contributed by atoms with Gasteiger partial charge < -0.3 is 14.4 Å². The number of nitrogens with zero attached hydrogens (tertiary/aromatic N) is 2. The molecule has 0 N–H and O–H groups in total. The average Bonchev–Trinajstić information content (AvgIpc) is 3.23. The summed E-state index contributed by atoms with van der Waals surface area (Å²) < 4.78 is 12.1. The lowest BCUT2D eigenvalue weighted by atomic mass is 9.88. The molecule has 0 aromatic carbocycles. The number of hydrogen-bond donors (Lipinski definition) is 0. The van der Waals surface area contributed by atoms with Crippen LogP contribution >= 0.6 is 11.3 Å². The Kier molecular flexibility index (Phi) is 4.48. The standard InChI is InChI=1S/C19H22N2O3S/c1-14-5-11-25-17(14)18(22)21-9-6-19(7-10-21)12-15(13-23-19)24-16-4-2-3-8-20-16/h2-5,8,11,15H,6-7,9-10,12-13H2,1H3/t15-/m1/s1. The van der Waals surface area contributed by atoms with Crippen LogP contribution in [0.5, 0.6) is 5.88 Å². The maximum atomic E-state index is 12.7. The van der Waals surface area contributed by atoms with Crippen LogP contribution in [0.4, 0.5) is 0 Å². The number of carbonyl (C=O) groups excluding carboxylic acids is 1. The number of ether oxygens (including phenoxy) is 2. The second kappa shape index (κ2) is 6.77. The van der Waals surface area contributed by atoms with Gasteiger partial charge in [-0.25, -0.2) is 4.98 Å². The highest BCUT2D eigenvalue weighted by Crippen LogP contribution is 2.37. The minimum Gasteiger partial charge on any atom is -0.472 e. The molecule has 0 aliphatic carbocycles. The zero-order valence-electron chi connectivity index (χ0n) is 14.3. The van der Waals surface area contributed by atoms with Gasteiger partial charge in [-0.2, -0.15) is 0 Å². The minimum absolute atomic E-state index is 0.0386. The van der Waals surface area contributed by atoms with Crippen molar-refractivity contribution in [2.75, 3.05) is 19.7 Å². The van der Waals surface area contributed by atoms with E-state index in [0.717, 1.165) is 42.8 Å². The van der Waals surface area contributed by atoms with Gasteiger partial charge in [0, 0.05) is 31.8 Å². The lowest BCUT2D eigenvalue weighted by Crippen LogP contribution is -2.46. The number of aryl methyl sites for hydroxylation is 1. The van der Waals surface area contributed by atoms with Crippen molar-refractivity contribution in [3.8, 4) is 5.88 Å². The van der Waals surface area contributed by atoms with Gasteiger partial charge in [-0.15, -0.1) is 11.3 Å². The van der Waals surface area contributed by atoms with Crippen molar-refractivity contribution in [3.63, 3.8) is 0 Å². The highest BCUT2D eigenvalue weighted by Gasteiger charge is 2.44. The van der Waals surface area contributed by atoms with Crippen LogP contribution in [0.1, 0.15) is 34.5 Å². The molecule has 0 saturated carbocycles. The fraction of sp³-hybridized carbons (Fsp3) is 0.474. The number of rotatable bonds is 3. The van der Waals surface area contributed by atoms with Gasteiger partial charge in [-0.05, 0) is 42.8 Å². The first kappa shape index (κ1) is 16.5. The zero-order valence-corrected chi connectivity index (χ0v) is 15.1. The van der Waals surface area contributed by atoms with E-state index in [9.17, 15) is 4.79 Å². The quantitative estimate of drug-likeness (QED) is 0.845. The molecule has 2 aliphatic rings. The largest absolute Gasteiger partial charge is 0.472 e. The lowest BCUT2D eigenvalue weighted by molar-refractivity contribution is -0.0395. The predicted molar refractivity (Wildman–Crippen MR) is 96.1 cm³/mol. The SMILES string of the molecule is Cc1ccsc1C(=O)N1CCC2(CC1)C[C@@H](Oc1ccccn1)CO2. The summed E-state index contributed by atoms with van der Waals surface area (Å²) in [6.45, 7) is 4.07. The molecule has 4 rings (SSSR count).